The highest BCUT2D eigenvalue weighted by Gasteiger charge is 2.31. The van der Waals surface area contributed by atoms with Gasteiger partial charge in [0.1, 0.15) is 5.82 Å². The van der Waals surface area contributed by atoms with E-state index in [1.54, 1.807) is 18.2 Å². The summed E-state index contributed by atoms with van der Waals surface area (Å²) in [6.45, 7) is 0. The second kappa shape index (κ2) is 5.32. The monoisotopic (exact) mass is 348 g/mol. The molecule has 106 valence electrons. The third kappa shape index (κ3) is 3.22. The predicted octanol–water partition coefficient (Wildman–Crippen LogP) is 4.93. The van der Waals surface area contributed by atoms with Crippen molar-refractivity contribution in [2.45, 2.75) is 6.18 Å². The molecular weight excluding hydrogens is 340 g/mol. The SMILES string of the molecule is Nc1ccc(Nc2cc(C(F)(F)F)ccc2F)c(Br)c1. The fraction of sp³-hybridized carbons (Fsp3) is 0.0769. The Bertz CT molecular complexity index is 641. The lowest BCUT2D eigenvalue weighted by Crippen LogP contribution is -2.06. The van der Waals surface area contributed by atoms with E-state index in [1.807, 2.05) is 0 Å². The van der Waals surface area contributed by atoms with Gasteiger partial charge in [-0.1, -0.05) is 0 Å². The molecule has 2 aromatic rings. The van der Waals surface area contributed by atoms with Crippen LogP contribution in [0.15, 0.2) is 40.9 Å². The summed E-state index contributed by atoms with van der Waals surface area (Å²) in [4.78, 5) is 0. The normalized spacial score (nSPS) is 11.4. The molecule has 0 radical (unpaired) electrons. The number of nitrogens with two attached hydrogens (primary N) is 1. The highest BCUT2D eigenvalue weighted by Crippen LogP contribution is 2.34. The Morgan fingerprint density at radius 2 is 1.70 bits per heavy atom. The molecule has 3 N–H and O–H groups in total. The number of hydrogen-bond acceptors (Lipinski definition) is 2. The summed E-state index contributed by atoms with van der Waals surface area (Å²) in [7, 11) is 0. The Hall–Kier alpha value is -1.76. The summed E-state index contributed by atoms with van der Waals surface area (Å²) in [6.07, 6.45) is -4.53. The molecule has 0 saturated heterocycles. The highest BCUT2D eigenvalue weighted by atomic mass is 79.9. The first-order valence-corrected chi connectivity index (χ1v) is 6.25. The Kier molecular flexibility index (Phi) is 3.89. The van der Waals surface area contributed by atoms with Crippen molar-refractivity contribution in [3.63, 3.8) is 0 Å². The Morgan fingerprint density at radius 1 is 1.00 bits per heavy atom. The van der Waals surface area contributed by atoms with Crippen LogP contribution in [0, 0.1) is 5.82 Å². The molecule has 0 aliphatic rings. The van der Waals surface area contributed by atoms with E-state index in [9.17, 15) is 17.6 Å². The van der Waals surface area contributed by atoms with Crippen LogP contribution in [0.3, 0.4) is 0 Å². The molecule has 2 nitrogen and oxygen atoms in total. The van der Waals surface area contributed by atoms with Crippen molar-refractivity contribution in [1.29, 1.82) is 0 Å². The van der Waals surface area contributed by atoms with Crippen molar-refractivity contribution in [3.8, 4) is 0 Å². The molecule has 0 aromatic heterocycles. The molecule has 0 unspecified atom stereocenters. The standard InChI is InChI=1S/C13H9BrF4N2/c14-9-6-8(19)2-4-11(9)20-12-5-7(13(16,17)18)1-3-10(12)15/h1-6,20H,19H2. The van der Waals surface area contributed by atoms with Crippen molar-refractivity contribution in [2.75, 3.05) is 11.1 Å². The molecule has 0 aliphatic carbocycles. The van der Waals surface area contributed by atoms with E-state index < -0.39 is 17.6 Å². The quantitative estimate of drug-likeness (QED) is 0.596. The minimum Gasteiger partial charge on any atom is -0.399 e. The van der Waals surface area contributed by atoms with Crippen LogP contribution in [0.25, 0.3) is 0 Å². The maximum absolute atomic E-state index is 13.6. The number of benzene rings is 2. The first-order valence-electron chi connectivity index (χ1n) is 5.46. The zero-order valence-corrected chi connectivity index (χ0v) is 11.5. The maximum atomic E-state index is 13.6. The number of rotatable bonds is 2. The van der Waals surface area contributed by atoms with Gasteiger partial charge in [0.15, 0.2) is 0 Å². The third-order valence-electron chi connectivity index (χ3n) is 2.56. The largest absolute Gasteiger partial charge is 0.416 e. The summed E-state index contributed by atoms with van der Waals surface area (Å²) in [5.74, 6) is -0.776. The summed E-state index contributed by atoms with van der Waals surface area (Å²) < 4.78 is 51.9. The minimum atomic E-state index is -4.53. The zero-order valence-electron chi connectivity index (χ0n) is 9.93. The lowest BCUT2D eigenvalue weighted by Gasteiger charge is -2.13. The van der Waals surface area contributed by atoms with Crippen molar-refractivity contribution < 1.29 is 17.6 Å². The summed E-state index contributed by atoms with van der Waals surface area (Å²) in [6, 6.07) is 6.85. The van der Waals surface area contributed by atoms with Gasteiger partial charge in [0.2, 0.25) is 0 Å². The molecule has 0 aliphatic heterocycles. The average Bonchev–Trinajstić information content (AvgIpc) is 2.33. The second-order valence-corrected chi connectivity index (χ2v) is 4.91. The van der Waals surface area contributed by atoms with Crippen LogP contribution in [0.2, 0.25) is 0 Å². The molecule has 0 heterocycles. The zero-order chi connectivity index (χ0) is 14.9. The molecule has 20 heavy (non-hydrogen) atoms. The molecule has 0 bridgehead atoms. The summed E-state index contributed by atoms with van der Waals surface area (Å²) in [5, 5.41) is 2.60. The van der Waals surface area contributed by atoms with Gasteiger partial charge < -0.3 is 11.1 Å². The smallest absolute Gasteiger partial charge is 0.399 e. The van der Waals surface area contributed by atoms with E-state index in [2.05, 4.69) is 21.2 Å². The lowest BCUT2D eigenvalue weighted by atomic mass is 10.1. The van der Waals surface area contributed by atoms with Gasteiger partial charge in [0.05, 0.1) is 16.9 Å². The average molecular weight is 349 g/mol. The van der Waals surface area contributed by atoms with Gasteiger partial charge in [-0.25, -0.2) is 4.39 Å². The summed E-state index contributed by atoms with van der Waals surface area (Å²) >= 11 is 3.20. The number of halogens is 5. The fourth-order valence-electron chi connectivity index (χ4n) is 1.58. The predicted molar refractivity (Wildman–Crippen MR) is 73.2 cm³/mol. The highest BCUT2D eigenvalue weighted by molar-refractivity contribution is 9.10. The van der Waals surface area contributed by atoms with Crippen LogP contribution in [0.4, 0.5) is 34.6 Å². The molecule has 0 fully saturated rings. The first kappa shape index (κ1) is 14.6. The van der Waals surface area contributed by atoms with Crippen molar-refractivity contribution in [2.24, 2.45) is 0 Å². The van der Waals surface area contributed by atoms with Crippen LogP contribution in [0.5, 0.6) is 0 Å². The summed E-state index contributed by atoms with van der Waals surface area (Å²) in [5.41, 5.74) is 5.26. The third-order valence-corrected chi connectivity index (χ3v) is 3.21. The van der Waals surface area contributed by atoms with E-state index in [0.29, 0.717) is 21.9 Å². The molecule has 0 atom stereocenters. The number of nitrogen functional groups attached to an aromatic ring is 1. The molecule has 0 amide bonds. The topological polar surface area (TPSA) is 38.0 Å². The number of anilines is 3. The van der Waals surface area contributed by atoms with Crippen LogP contribution >= 0.6 is 15.9 Å². The van der Waals surface area contributed by atoms with Gasteiger partial charge in [-0.3, -0.25) is 0 Å². The Balaban J connectivity index is 2.38. The van der Waals surface area contributed by atoms with Crippen LogP contribution in [-0.4, -0.2) is 0 Å². The van der Waals surface area contributed by atoms with Crippen LogP contribution < -0.4 is 11.1 Å². The van der Waals surface area contributed by atoms with Crippen LogP contribution in [-0.2, 0) is 6.18 Å². The van der Waals surface area contributed by atoms with Crippen molar-refractivity contribution in [3.05, 3.63) is 52.3 Å². The van der Waals surface area contributed by atoms with Gasteiger partial charge in [0.25, 0.3) is 0 Å². The Labute approximate surface area is 120 Å². The van der Waals surface area contributed by atoms with E-state index in [0.717, 1.165) is 12.1 Å². The van der Waals surface area contributed by atoms with Gasteiger partial charge in [-0.15, -0.1) is 0 Å². The van der Waals surface area contributed by atoms with Crippen LogP contribution in [0.1, 0.15) is 5.56 Å². The van der Waals surface area contributed by atoms with Gasteiger partial charge in [-0.05, 0) is 52.3 Å². The minimum absolute atomic E-state index is 0.259. The molecule has 2 rings (SSSR count). The van der Waals surface area contributed by atoms with Crippen molar-refractivity contribution >= 4 is 33.0 Å². The first-order chi connectivity index (χ1) is 9.27. The van der Waals surface area contributed by atoms with Gasteiger partial charge in [0, 0.05) is 10.2 Å². The fourth-order valence-corrected chi connectivity index (χ4v) is 2.07. The van der Waals surface area contributed by atoms with Crippen molar-refractivity contribution in [1.82, 2.24) is 0 Å². The molecule has 2 aromatic carbocycles. The molecule has 7 heteroatoms. The van der Waals surface area contributed by atoms with E-state index in [4.69, 9.17) is 5.73 Å². The molecular formula is C13H9BrF4N2. The van der Waals surface area contributed by atoms with E-state index in [-0.39, 0.29) is 5.69 Å². The van der Waals surface area contributed by atoms with E-state index >= 15 is 0 Å². The number of nitrogens with one attached hydrogen (secondary N) is 1. The van der Waals surface area contributed by atoms with Gasteiger partial charge >= 0.3 is 6.18 Å². The number of alkyl halides is 3. The van der Waals surface area contributed by atoms with E-state index in [1.165, 1.54) is 0 Å². The second-order valence-electron chi connectivity index (χ2n) is 4.06. The van der Waals surface area contributed by atoms with Gasteiger partial charge in [-0.2, -0.15) is 13.2 Å². The number of hydrogen-bond donors (Lipinski definition) is 2. The Morgan fingerprint density at radius 3 is 2.30 bits per heavy atom. The molecule has 0 spiro atoms. The maximum Gasteiger partial charge on any atom is 0.416 e. The molecule has 0 saturated carbocycles. The lowest BCUT2D eigenvalue weighted by molar-refractivity contribution is -0.137.